The lowest BCUT2D eigenvalue weighted by molar-refractivity contribution is 0.859. The first kappa shape index (κ1) is 11.1. The van der Waals surface area contributed by atoms with Gasteiger partial charge in [-0.2, -0.15) is 0 Å². The summed E-state index contributed by atoms with van der Waals surface area (Å²) >= 11 is 1.36. The van der Waals surface area contributed by atoms with Crippen LogP contribution in [0, 0.1) is 0 Å². The summed E-state index contributed by atoms with van der Waals surface area (Å²) in [6.07, 6.45) is 3.60. The number of fused-ring (bicyclic) bond motifs is 1. The number of rotatable bonds is 3. The van der Waals surface area contributed by atoms with E-state index < -0.39 is 0 Å². The summed E-state index contributed by atoms with van der Waals surface area (Å²) < 4.78 is 1.89. The van der Waals surface area contributed by atoms with Gasteiger partial charge in [0.1, 0.15) is 0 Å². The normalized spacial score (nSPS) is 10.9. The summed E-state index contributed by atoms with van der Waals surface area (Å²) in [6.45, 7) is 0.399. The molecule has 0 aromatic carbocycles. The predicted molar refractivity (Wildman–Crippen MR) is 67.0 cm³/mol. The van der Waals surface area contributed by atoms with Gasteiger partial charge in [0.25, 0.3) is 0 Å². The Morgan fingerprint density at radius 2 is 2.17 bits per heavy atom. The van der Waals surface area contributed by atoms with E-state index in [0.717, 1.165) is 16.5 Å². The van der Waals surface area contributed by atoms with Crippen LogP contribution in [-0.4, -0.2) is 24.6 Å². The molecule has 2 N–H and O–H groups in total. The fourth-order valence-electron chi connectivity index (χ4n) is 1.51. The summed E-state index contributed by atoms with van der Waals surface area (Å²) in [5.74, 6) is 0. The van der Waals surface area contributed by atoms with Crippen LogP contribution in [0.4, 0.5) is 0 Å². The first-order valence-corrected chi connectivity index (χ1v) is 6.18. The fraction of sp³-hybridized carbons (Fsp3) is 0.0909. The Bertz CT molecular complexity index is 680. The monoisotopic (exact) mass is 258 g/mol. The second-order valence-electron chi connectivity index (χ2n) is 3.55. The summed E-state index contributed by atoms with van der Waals surface area (Å²) in [6, 6.07) is 7.54. The zero-order valence-corrected chi connectivity index (χ0v) is 10.2. The van der Waals surface area contributed by atoms with E-state index in [9.17, 15) is 0 Å². The zero-order valence-electron chi connectivity index (χ0n) is 9.39. The van der Waals surface area contributed by atoms with Gasteiger partial charge in [-0.1, -0.05) is 6.07 Å². The van der Waals surface area contributed by atoms with Crippen molar-refractivity contribution >= 4 is 17.4 Å². The fourth-order valence-corrected chi connectivity index (χ4v) is 2.28. The highest BCUT2D eigenvalue weighted by Gasteiger charge is 2.08. The molecule has 0 saturated heterocycles. The number of pyridine rings is 1. The molecule has 0 aliphatic carbocycles. The van der Waals surface area contributed by atoms with Crippen LogP contribution in [0.25, 0.3) is 5.65 Å². The van der Waals surface area contributed by atoms with Crippen molar-refractivity contribution in [2.45, 2.75) is 16.9 Å². The van der Waals surface area contributed by atoms with Gasteiger partial charge < -0.3 is 5.73 Å². The topological polar surface area (TPSA) is 82.0 Å². The molecular weight excluding hydrogens is 248 g/mol. The van der Waals surface area contributed by atoms with E-state index >= 15 is 0 Å². The molecule has 6 nitrogen and oxygen atoms in total. The van der Waals surface area contributed by atoms with Crippen molar-refractivity contribution in [3.05, 3.63) is 42.4 Å². The first-order valence-electron chi connectivity index (χ1n) is 5.36. The van der Waals surface area contributed by atoms with Gasteiger partial charge in [-0.05, 0) is 30.0 Å². The number of nitrogens with zero attached hydrogens (tertiary/aromatic N) is 5. The van der Waals surface area contributed by atoms with Crippen molar-refractivity contribution in [1.82, 2.24) is 24.6 Å². The van der Waals surface area contributed by atoms with E-state index in [2.05, 4.69) is 20.2 Å². The van der Waals surface area contributed by atoms with E-state index in [1.807, 2.05) is 28.8 Å². The molecular formula is C11H10N6S. The highest BCUT2D eigenvalue weighted by molar-refractivity contribution is 7.99. The van der Waals surface area contributed by atoms with Gasteiger partial charge in [0.05, 0.1) is 5.69 Å². The highest BCUT2D eigenvalue weighted by Crippen LogP contribution is 2.22. The van der Waals surface area contributed by atoms with Crippen LogP contribution in [0.3, 0.4) is 0 Å². The van der Waals surface area contributed by atoms with Crippen LogP contribution in [0.1, 0.15) is 5.69 Å². The lowest BCUT2D eigenvalue weighted by Crippen LogP contribution is -2.01. The first-order chi connectivity index (χ1) is 8.86. The maximum atomic E-state index is 5.55. The summed E-state index contributed by atoms with van der Waals surface area (Å²) in [5.41, 5.74) is 7.16. The Labute approximate surface area is 107 Å². The van der Waals surface area contributed by atoms with Crippen LogP contribution in [-0.2, 0) is 6.54 Å². The van der Waals surface area contributed by atoms with Crippen molar-refractivity contribution in [3.63, 3.8) is 0 Å². The van der Waals surface area contributed by atoms with E-state index in [1.165, 1.54) is 11.8 Å². The molecule has 3 rings (SSSR count). The standard InChI is InChI=1S/C11H10N6S/c12-7-8-4-5-13-10(14-8)18-11-16-15-9-3-1-2-6-17(9)11/h1-6H,7,12H2. The van der Waals surface area contributed by atoms with Gasteiger partial charge in [0, 0.05) is 18.9 Å². The third-order valence-corrected chi connectivity index (χ3v) is 3.21. The Balaban J connectivity index is 1.96. The quantitative estimate of drug-likeness (QED) is 0.709. The Hall–Kier alpha value is -1.99. The van der Waals surface area contributed by atoms with Crippen LogP contribution in [0.2, 0.25) is 0 Å². The molecule has 7 heteroatoms. The number of hydrogen-bond donors (Lipinski definition) is 1. The maximum Gasteiger partial charge on any atom is 0.203 e. The minimum absolute atomic E-state index is 0.399. The molecule has 0 aliphatic heterocycles. The van der Waals surface area contributed by atoms with Gasteiger partial charge in [-0.25, -0.2) is 9.97 Å². The third kappa shape index (κ3) is 2.05. The smallest absolute Gasteiger partial charge is 0.203 e. The van der Waals surface area contributed by atoms with Gasteiger partial charge in [-0.15, -0.1) is 10.2 Å². The van der Waals surface area contributed by atoms with E-state index in [1.54, 1.807) is 12.3 Å². The van der Waals surface area contributed by atoms with Crippen LogP contribution in [0.15, 0.2) is 47.0 Å². The van der Waals surface area contributed by atoms with Crippen molar-refractivity contribution in [3.8, 4) is 0 Å². The lowest BCUT2D eigenvalue weighted by Gasteiger charge is -2.00. The van der Waals surface area contributed by atoms with E-state index in [4.69, 9.17) is 5.73 Å². The third-order valence-electron chi connectivity index (χ3n) is 2.37. The largest absolute Gasteiger partial charge is 0.325 e. The molecule has 90 valence electrons. The second kappa shape index (κ2) is 4.71. The average Bonchev–Trinajstić information content (AvgIpc) is 2.83. The zero-order chi connectivity index (χ0) is 12.4. The summed E-state index contributed by atoms with van der Waals surface area (Å²) in [5, 5.41) is 9.54. The SMILES string of the molecule is NCc1ccnc(Sc2nnc3ccccn23)n1. The molecule has 0 radical (unpaired) electrons. The maximum absolute atomic E-state index is 5.55. The molecule has 3 aromatic rings. The van der Waals surface area contributed by atoms with Crippen LogP contribution >= 0.6 is 11.8 Å². The molecule has 0 atom stereocenters. The lowest BCUT2D eigenvalue weighted by atomic mass is 10.4. The van der Waals surface area contributed by atoms with Gasteiger partial charge >= 0.3 is 0 Å². The summed E-state index contributed by atoms with van der Waals surface area (Å²) in [7, 11) is 0. The average molecular weight is 258 g/mol. The molecule has 3 heterocycles. The van der Waals surface area contributed by atoms with Crippen molar-refractivity contribution in [2.75, 3.05) is 0 Å². The number of hydrogen-bond acceptors (Lipinski definition) is 6. The summed E-state index contributed by atoms with van der Waals surface area (Å²) in [4.78, 5) is 8.50. The van der Waals surface area contributed by atoms with Crippen molar-refractivity contribution in [1.29, 1.82) is 0 Å². The van der Waals surface area contributed by atoms with Crippen molar-refractivity contribution in [2.24, 2.45) is 5.73 Å². The highest BCUT2D eigenvalue weighted by atomic mass is 32.2. The Morgan fingerprint density at radius 3 is 3.06 bits per heavy atom. The Morgan fingerprint density at radius 1 is 1.22 bits per heavy atom. The molecule has 0 aliphatic rings. The molecule has 0 amide bonds. The molecule has 0 unspecified atom stereocenters. The number of nitrogens with two attached hydrogens (primary N) is 1. The van der Waals surface area contributed by atoms with Gasteiger partial charge in [0.15, 0.2) is 10.8 Å². The van der Waals surface area contributed by atoms with E-state index in [0.29, 0.717) is 11.7 Å². The van der Waals surface area contributed by atoms with Gasteiger partial charge in [-0.3, -0.25) is 4.40 Å². The van der Waals surface area contributed by atoms with Crippen LogP contribution < -0.4 is 5.73 Å². The van der Waals surface area contributed by atoms with Crippen molar-refractivity contribution < 1.29 is 0 Å². The minimum atomic E-state index is 0.399. The van der Waals surface area contributed by atoms with Gasteiger partial charge in [0.2, 0.25) is 5.16 Å². The molecule has 18 heavy (non-hydrogen) atoms. The second-order valence-corrected chi connectivity index (χ2v) is 4.48. The van der Waals surface area contributed by atoms with E-state index in [-0.39, 0.29) is 0 Å². The molecule has 0 spiro atoms. The number of aromatic nitrogens is 5. The molecule has 3 aromatic heterocycles. The molecule has 0 bridgehead atoms. The minimum Gasteiger partial charge on any atom is -0.325 e. The predicted octanol–water partition coefficient (Wildman–Crippen LogP) is 1.13. The molecule has 0 fully saturated rings. The van der Waals surface area contributed by atoms with Crippen LogP contribution in [0.5, 0.6) is 0 Å². The Kier molecular flexibility index (Phi) is 2.91. The molecule has 0 saturated carbocycles.